The fraction of sp³-hybridized carbons (Fsp3) is 0.733. The maximum Gasteiger partial charge on any atom is 0.00387 e. The van der Waals surface area contributed by atoms with E-state index in [-0.39, 0.29) is 0 Å². The second-order valence-corrected chi connectivity index (χ2v) is 5.44. The van der Waals surface area contributed by atoms with Crippen molar-refractivity contribution in [3.8, 4) is 0 Å². The van der Waals surface area contributed by atoms with Gasteiger partial charge < -0.3 is 4.90 Å². The van der Waals surface area contributed by atoms with E-state index in [1.54, 1.807) is 0 Å². The number of allylic oxidation sites excluding steroid dienone is 2. The third kappa shape index (κ3) is 3.79. The molecule has 0 spiro atoms. The van der Waals surface area contributed by atoms with Crippen molar-refractivity contribution in [2.75, 3.05) is 13.1 Å². The van der Waals surface area contributed by atoms with E-state index >= 15 is 0 Å². The molecule has 0 aromatic rings. The van der Waals surface area contributed by atoms with Crippen molar-refractivity contribution < 1.29 is 0 Å². The van der Waals surface area contributed by atoms with Crippen molar-refractivity contribution in [1.82, 2.24) is 4.90 Å². The van der Waals surface area contributed by atoms with Crippen LogP contribution in [-0.4, -0.2) is 24.0 Å². The molecule has 1 heteroatoms. The van der Waals surface area contributed by atoms with E-state index < -0.39 is 0 Å². The Bertz CT molecular complexity index is 261. The Hall–Kier alpha value is -0.560. The standard InChI is InChI=1S/C15H27N/c1-12(2)15-9-7-11-16(13(3)4)10-6-8-14(15)5/h9,12-13H,5-8,10-11H2,1-4H3/b15-9+. The Labute approximate surface area is 101 Å². The summed E-state index contributed by atoms with van der Waals surface area (Å²) in [5.41, 5.74) is 2.85. The van der Waals surface area contributed by atoms with Crippen LogP contribution in [0.4, 0.5) is 0 Å². The SMILES string of the molecule is C=C1CCCN(C(C)C)CC/C=C/1C(C)C. The molecule has 1 heterocycles. The zero-order valence-corrected chi connectivity index (χ0v) is 11.4. The van der Waals surface area contributed by atoms with Gasteiger partial charge >= 0.3 is 0 Å². The van der Waals surface area contributed by atoms with Crippen molar-refractivity contribution in [1.29, 1.82) is 0 Å². The first-order valence-electron chi connectivity index (χ1n) is 6.64. The van der Waals surface area contributed by atoms with Crippen molar-refractivity contribution in [2.45, 2.75) is 53.0 Å². The smallest absolute Gasteiger partial charge is 0.00387 e. The molecule has 1 nitrogen and oxygen atoms in total. The first kappa shape index (κ1) is 13.5. The molecule has 92 valence electrons. The zero-order chi connectivity index (χ0) is 12.1. The van der Waals surface area contributed by atoms with Crippen molar-refractivity contribution >= 4 is 0 Å². The van der Waals surface area contributed by atoms with Crippen LogP contribution < -0.4 is 0 Å². The lowest BCUT2D eigenvalue weighted by Crippen LogP contribution is -2.32. The Kier molecular flexibility index (Phi) is 5.27. The maximum absolute atomic E-state index is 4.24. The molecule has 16 heavy (non-hydrogen) atoms. The van der Waals surface area contributed by atoms with Crippen molar-refractivity contribution in [3.05, 3.63) is 23.8 Å². The number of hydrogen-bond acceptors (Lipinski definition) is 1. The van der Waals surface area contributed by atoms with Gasteiger partial charge in [0.1, 0.15) is 0 Å². The van der Waals surface area contributed by atoms with Crippen LogP contribution in [0, 0.1) is 5.92 Å². The molecule has 1 rings (SSSR count). The Morgan fingerprint density at radius 3 is 2.44 bits per heavy atom. The highest BCUT2D eigenvalue weighted by atomic mass is 15.1. The Morgan fingerprint density at radius 1 is 1.19 bits per heavy atom. The molecule has 0 atom stereocenters. The molecule has 0 radical (unpaired) electrons. The lowest BCUT2D eigenvalue weighted by atomic mass is 9.93. The molecule has 0 N–H and O–H groups in total. The molecular weight excluding hydrogens is 194 g/mol. The average Bonchev–Trinajstić information content (AvgIpc) is 2.28. The molecule has 0 aliphatic carbocycles. The Morgan fingerprint density at radius 2 is 1.88 bits per heavy atom. The molecule has 0 amide bonds. The van der Waals surface area contributed by atoms with Gasteiger partial charge in [0.15, 0.2) is 0 Å². The van der Waals surface area contributed by atoms with Crippen LogP contribution in [0.5, 0.6) is 0 Å². The fourth-order valence-electron chi connectivity index (χ4n) is 2.44. The minimum atomic E-state index is 0.623. The minimum Gasteiger partial charge on any atom is -0.301 e. The first-order valence-corrected chi connectivity index (χ1v) is 6.64. The second-order valence-electron chi connectivity index (χ2n) is 5.44. The molecule has 0 saturated carbocycles. The van der Waals surface area contributed by atoms with Gasteiger partial charge in [-0.15, -0.1) is 0 Å². The predicted octanol–water partition coefficient (Wildman–Crippen LogP) is 4.02. The van der Waals surface area contributed by atoms with E-state index in [0.717, 1.165) is 6.42 Å². The monoisotopic (exact) mass is 221 g/mol. The molecule has 0 fully saturated rings. The highest BCUT2D eigenvalue weighted by molar-refractivity contribution is 5.30. The van der Waals surface area contributed by atoms with E-state index in [0.29, 0.717) is 12.0 Å². The van der Waals surface area contributed by atoms with Gasteiger partial charge in [-0.3, -0.25) is 0 Å². The van der Waals surface area contributed by atoms with Crippen LogP contribution in [0.2, 0.25) is 0 Å². The minimum absolute atomic E-state index is 0.623. The van der Waals surface area contributed by atoms with E-state index in [1.165, 1.54) is 37.1 Å². The molecule has 0 aromatic carbocycles. The predicted molar refractivity (Wildman–Crippen MR) is 72.6 cm³/mol. The zero-order valence-electron chi connectivity index (χ0n) is 11.4. The van der Waals surface area contributed by atoms with Gasteiger partial charge in [-0.1, -0.05) is 32.1 Å². The third-order valence-electron chi connectivity index (χ3n) is 3.46. The third-order valence-corrected chi connectivity index (χ3v) is 3.46. The number of rotatable bonds is 2. The molecule has 1 aliphatic rings. The topological polar surface area (TPSA) is 3.24 Å². The largest absolute Gasteiger partial charge is 0.301 e. The molecule has 0 bridgehead atoms. The Balaban J connectivity index is 2.70. The average molecular weight is 221 g/mol. The van der Waals surface area contributed by atoms with Crippen molar-refractivity contribution in [3.63, 3.8) is 0 Å². The molecule has 0 saturated heterocycles. The van der Waals surface area contributed by atoms with E-state index in [1.807, 2.05) is 0 Å². The van der Waals surface area contributed by atoms with Gasteiger partial charge in [0, 0.05) is 12.6 Å². The molecular formula is C15H27N. The van der Waals surface area contributed by atoms with Crippen LogP contribution in [0.15, 0.2) is 23.8 Å². The van der Waals surface area contributed by atoms with E-state index in [4.69, 9.17) is 0 Å². The van der Waals surface area contributed by atoms with E-state index in [9.17, 15) is 0 Å². The van der Waals surface area contributed by atoms with Crippen molar-refractivity contribution in [2.24, 2.45) is 5.92 Å². The van der Waals surface area contributed by atoms with Crippen LogP contribution in [0.3, 0.4) is 0 Å². The summed E-state index contributed by atoms with van der Waals surface area (Å²) in [6.45, 7) is 15.8. The summed E-state index contributed by atoms with van der Waals surface area (Å²) in [4.78, 5) is 2.58. The first-order chi connectivity index (χ1) is 7.52. The lowest BCUT2D eigenvalue weighted by molar-refractivity contribution is 0.224. The quantitative estimate of drug-likeness (QED) is 0.681. The van der Waals surface area contributed by atoms with Gasteiger partial charge in [0.2, 0.25) is 0 Å². The van der Waals surface area contributed by atoms with Crippen LogP contribution in [0.1, 0.15) is 47.0 Å². The summed E-state index contributed by atoms with van der Waals surface area (Å²) in [5, 5.41) is 0. The van der Waals surface area contributed by atoms with Gasteiger partial charge in [0.05, 0.1) is 0 Å². The molecule has 1 aliphatic heterocycles. The fourth-order valence-corrected chi connectivity index (χ4v) is 2.44. The highest BCUT2D eigenvalue weighted by Crippen LogP contribution is 2.24. The number of hydrogen-bond donors (Lipinski definition) is 0. The summed E-state index contributed by atoms with van der Waals surface area (Å²) < 4.78 is 0. The van der Waals surface area contributed by atoms with Crippen LogP contribution in [-0.2, 0) is 0 Å². The lowest BCUT2D eigenvalue weighted by Gasteiger charge is -2.25. The summed E-state index contributed by atoms with van der Waals surface area (Å²) in [7, 11) is 0. The molecule has 0 aromatic heterocycles. The van der Waals surface area contributed by atoms with Gasteiger partial charge in [-0.05, 0) is 51.1 Å². The summed E-state index contributed by atoms with van der Waals surface area (Å²) in [5.74, 6) is 0.623. The van der Waals surface area contributed by atoms with Gasteiger partial charge in [-0.25, -0.2) is 0 Å². The summed E-state index contributed by atoms with van der Waals surface area (Å²) >= 11 is 0. The second kappa shape index (κ2) is 6.24. The van der Waals surface area contributed by atoms with Gasteiger partial charge in [-0.2, -0.15) is 0 Å². The highest BCUT2D eigenvalue weighted by Gasteiger charge is 2.13. The number of nitrogens with zero attached hydrogens (tertiary/aromatic N) is 1. The van der Waals surface area contributed by atoms with Crippen LogP contribution in [0.25, 0.3) is 0 Å². The normalized spacial score (nSPS) is 23.9. The maximum atomic E-state index is 4.24. The van der Waals surface area contributed by atoms with E-state index in [2.05, 4.69) is 45.2 Å². The summed E-state index contributed by atoms with van der Waals surface area (Å²) in [6, 6.07) is 0.669. The summed E-state index contributed by atoms with van der Waals surface area (Å²) in [6.07, 6.45) is 5.99. The molecule has 0 unspecified atom stereocenters. The van der Waals surface area contributed by atoms with Gasteiger partial charge in [0.25, 0.3) is 0 Å². The van der Waals surface area contributed by atoms with Crippen LogP contribution >= 0.6 is 0 Å².